The molecule has 0 saturated heterocycles. The summed E-state index contributed by atoms with van der Waals surface area (Å²) in [4.78, 5) is 0. The first-order valence-corrected chi connectivity index (χ1v) is 8.80. The molecule has 6 nitrogen and oxygen atoms in total. The maximum absolute atomic E-state index is 5.81. The van der Waals surface area contributed by atoms with E-state index < -0.39 is 8.80 Å². The summed E-state index contributed by atoms with van der Waals surface area (Å²) in [6, 6.07) is 0.646. The van der Waals surface area contributed by atoms with Gasteiger partial charge in [0.15, 0.2) is 0 Å². The van der Waals surface area contributed by atoms with Crippen LogP contribution in [0.15, 0.2) is 0 Å². The molecule has 0 saturated carbocycles. The predicted octanol–water partition coefficient (Wildman–Crippen LogP) is 0.844. The number of hydrogen-bond donors (Lipinski definition) is 1. The van der Waals surface area contributed by atoms with E-state index in [1.54, 1.807) is 21.3 Å². The maximum Gasteiger partial charge on any atom is 0.502 e. The van der Waals surface area contributed by atoms with Crippen LogP contribution in [0.1, 0.15) is 0 Å². The van der Waals surface area contributed by atoms with Gasteiger partial charge in [-0.3, -0.25) is 0 Å². The van der Waals surface area contributed by atoms with Crippen LogP contribution < -0.4 is 0 Å². The zero-order valence-corrected chi connectivity index (χ0v) is 13.9. The summed E-state index contributed by atoms with van der Waals surface area (Å²) in [5.74, 6) is 0.638. The van der Waals surface area contributed by atoms with Gasteiger partial charge in [-0.25, -0.2) is 0 Å². The van der Waals surface area contributed by atoms with Gasteiger partial charge in [-0.15, -0.1) is 0 Å². The first-order chi connectivity index (χ1) is 9.24. The summed E-state index contributed by atoms with van der Waals surface area (Å²) < 4.78 is 32.4. The van der Waals surface area contributed by atoms with Crippen molar-refractivity contribution < 1.29 is 27.5 Å². The molecule has 0 bridgehead atoms. The fraction of sp³-hybridized carbons (Fsp3) is 1.00. The van der Waals surface area contributed by atoms with Crippen molar-refractivity contribution in [2.45, 2.75) is 6.04 Å². The number of hydrogen-bond acceptors (Lipinski definition) is 7. The molecule has 0 heterocycles. The highest BCUT2D eigenvalue weighted by Crippen LogP contribution is 2.16. The molecule has 19 heavy (non-hydrogen) atoms. The smallest absolute Gasteiger partial charge is 0.382 e. The molecule has 0 amide bonds. The van der Waals surface area contributed by atoms with Crippen LogP contribution in [0.2, 0.25) is 6.04 Å². The molecular weight excluding hydrogens is 288 g/mol. The van der Waals surface area contributed by atoms with Crippen molar-refractivity contribution >= 4 is 21.4 Å². The van der Waals surface area contributed by atoms with Crippen LogP contribution in [0, 0.1) is 0 Å². The molecule has 0 aromatic rings. The van der Waals surface area contributed by atoms with Crippen molar-refractivity contribution in [2.24, 2.45) is 0 Å². The number of methoxy groups -OCH3 is 3. The standard InChI is InChI=1S/C11H26O6SSi/c1-12-4-7-15-19(11-10-18,16-8-5-13-2)17-9-6-14-3/h18H,4-11H2,1-3H3. The zero-order chi connectivity index (χ0) is 14.4. The van der Waals surface area contributed by atoms with E-state index in [1.165, 1.54) is 0 Å². The number of rotatable bonds is 14. The van der Waals surface area contributed by atoms with Crippen LogP contribution in [0.5, 0.6) is 0 Å². The monoisotopic (exact) mass is 314 g/mol. The third kappa shape index (κ3) is 9.80. The second kappa shape index (κ2) is 13.3. The average Bonchev–Trinajstić information content (AvgIpc) is 2.40. The van der Waals surface area contributed by atoms with Crippen LogP contribution in [0.3, 0.4) is 0 Å². The van der Waals surface area contributed by atoms with Crippen molar-refractivity contribution in [1.29, 1.82) is 0 Å². The summed E-state index contributed by atoms with van der Waals surface area (Å²) >= 11 is 4.25. The Balaban J connectivity index is 4.37. The van der Waals surface area contributed by atoms with Gasteiger partial charge in [0.25, 0.3) is 0 Å². The summed E-state index contributed by atoms with van der Waals surface area (Å²) in [5.41, 5.74) is 0. The summed E-state index contributed by atoms with van der Waals surface area (Å²) in [6.45, 7) is 2.83. The van der Waals surface area contributed by atoms with Gasteiger partial charge in [-0.05, 0) is 5.75 Å². The molecule has 0 aliphatic rings. The maximum atomic E-state index is 5.81. The van der Waals surface area contributed by atoms with Crippen molar-refractivity contribution in [3.63, 3.8) is 0 Å². The van der Waals surface area contributed by atoms with E-state index in [0.29, 0.717) is 51.4 Å². The topological polar surface area (TPSA) is 55.4 Å². The summed E-state index contributed by atoms with van der Waals surface area (Å²) in [6.07, 6.45) is 0. The van der Waals surface area contributed by atoms with E-state index >= 15 is 0 Å². The van der Waals surface area contributed by atoms with Crippen LogP contribution in [0.25, 0.3) is 0 Å². The van der Waals surface area contributed by atoms with E-state index in [1.807, 2.05) is 0 Å². The molecule has 0 aliphatic carbocycles. The fourth-order valence-corrected chi connectivity index (χ4v) is 4.28. The minimum atomic E-state index is -2.72. The predicted molar refractivity (Wildman–Crippen MR) is 77.9 cm³/mol. The highest BCUT2D eigenvalue weighted by molar-refractivity contribution is 7.80. The Labute approximate surface area is 122 Å². The molecule has 0 fully saturated rings. The Hall–Kier alpha value is 0.327. The Morgan fingerprint density at radius 3 is 1.32 bits per heavy atom. The second-order valence-electron chi connectivity index (χ2n) is 3.68. The Morgan fingerprint density at radius 1 is 0.684 bits per heavy atom. The van der Waals surface area contributed by atoms with Gasteiger partial charge in [0, 0.05) is 27.4 Å². The number of ether oxygens (including phenoxy) is 3. The van der Waals surface area contributed by atoms with Crippen molar-refractivity contribution in [3.8, 4) is 0 Å². The SMILES string of the molecule is COCCO[Si](CCS)(OCCOC)OCCOC. The van der Waals surface area contributed by atoms with Gasteiger partial charge in [-0.2, -0.15) is 12.6 Å². The molecule has 8 heteroatoms. The van der Waals surface area contributed by atoms with E-state index in [4.69, 9.17) is 27.5 Å². The third-order valence-corrected chi connectivity index (χ3v) is 5.68. The molecular formula is C11H26O6SSi. The highest BCUT2D eigenvalue weighted by atomic mass is 32.1. The Morgan fingerprint density at radius 2 is 1.05 bits per heavy atom. The normalized spacial score (nSPS) is 12.0. The quantitative estimate of drug-likeness (QED) is 0.291. The number of thiol groups is 1. The first kappa shape index (κ1) is 19.3. The van der Waals surface area contributed by atoms with Gasteiger partial charge in [0.2, 0.25) is 0 Å². The van der Waals surface area contributed by atoms with E-state index in [9.17, 15) is 0 Å². The minimum absolute atomic E-state index is 0.441. The average molecular weight is 314 g/mol. The minimum Gasteiger partial charge on any atom is -0.382 e. The lowest BCUT2D eigenvalue weighted by molar-refractivity contribution is 0.0156. The van der Waals surface area contributed by atoms with E-state index in [0.717, 1.165) is 0 Å². The molecule has 0 spiro atoms. The molecule has 0 aromatic heterocycles. The van der Waals surface area contributed by atoms with Crippen molar-refractivity contribution in [2.75, 3.05) is 66.7 Å². The third-order valence-electron chi connectivity index (χ3n) is 2.25. The molecule has 0 radical (unpaired) electrons. The molecule has 0 atom stereocenters. The molecule has 0 N–H and O–H groups in total. The molecule has 116 valence electrons. The molecule has 0 rings (SSSR count). The molecule has 0 unspecified atom stereocenters. The molecule has 0 aromatic carbocycles. The van der Waals surface area contributed by atoms with E-state index in [-0.39, 0.29) is 0 Å². The van der Waals surface area contributed by atoms with Gasteiger partial charge in [0.05, 0.1) is 39.6 Å². The van der Waals surface area contributed by atoms with Gasteiger partial charge in [-0.1, -0.05) is 0 Å². The lowest BCUT2D eigenvalue weighted by atomic mass is 10.8. The van der Waals surface area contributed by atoms with E-state index in [2.05, 4.69) is 12.6 Å². The zero-order valence-electron chi connectivity index (χ0n) is 12.1. The molecule has 0 aliphatic heterocycles. The summed E-state index contributed by atoms with van der Waals surface area (Å²) in [5, 5.41) is 0. The fourth-order valence-electron chi connectivity index (χ4n) is 1.32. The largest absolute Gasteiger partial charge is 0.502 e. The van der Waals surface area contributed by atoms with Crippen molar-refractivity contribution in [3.05, 3.63) is 0 Å². The van der Waals surface area contributed by atoms with Gasteiger partial charge in [0.1, 0.15) is 0 Å². The van der Waals surface area contributed by atoms with Crippen LogP contribution in [-0.2, 0) is 27.5 Å². The van der Waals surface area contributed by atoms with Gasteiger partial charge < -0.3 is 27.5 Å². The second-order valence-corrected chi connectivity index (χ2v) is 6.86. The summed E-state index contributed by atoms with van der Waals surface area (Å²) in [7, 11) is 2.16. The van der Waals surface area contributed by atoms with Crippen LogP contribution >= 0.6 is 12.6 Å². The van der Waals surface area contributed by atoms with Crippen LogP contribution in [-0.4, -0.2) is 75.5 Å². The lowest BCUT2D eigenvalue weighted by Crippen LogP contribution is -2.48. The van der Waals surface area contributed by atoms with Gasteiger partial charge >= 0.3 is 8.80 Å². The Bertz CT molecular complexity index is 171. The van der Waals surface area contributed by atoms with Crippen molar-refractivity contribution in [1.82, 2.24) is 0 Å². The lowest BCUT2D eigenvalue weighted by Gasteiger charge is -2.29. The van der Waals surface area contributed by atoms with Crippen LogP contribution in [0.4, 0.5) is 0 Å². The first-order valence-electron chi connectivity index (χ1n) is 6.24. The highest BCUT2D eigenvalue weighted by Gasteiger charge is 2.40. The Kier molecular flexibility index (Phi) is 13.5.